The third-order valence-corrected chi connectivity index (χ3v) is 6.88. The van der Waals surface area contributed by atoms with Crippen molar-refractivity contribution in [2.45, 2.75) is 45.1 Å². The molecule has 1 atom stereocenters. The summed E-state index contributed by atoms with van der Waals surface area (Å²) in [4.78, 5) is 25.9. The average molecular weight is 492 g/mol. The van der Waals surface area contributed by atoms with Crippen molar-refractivity contribution in [3.05, 3.63) is 71.7 Å². The molecule has 0 aliphatic carbocycles. The average Bonchev–Trinajstić information content (AvgIpc) is 3.48. The van der Waals surface area contributed by atoms with Crippen LogP contribution in [0.2, 0.25) is 0 Å². The van der Waals surface area contributed by atoms with Gasteiger partial charge in [0.2, 0.25) is 0 Å². The fraction of sp³-hybridized carbons (Fsp3) is 0.308. The van der Waals surface area contributed by atoms with Gasteiger partial charge in [0, 0.05) is 35.8 Å². The SMILES string of the molecule is CCn1c(SCC(=O)c2cn(CC)c3ccccc23)nnc1[C@@H](C)NC(=O)c1ccccc1OC. The second-order valence-corrected chi connectivity index (χ2v) is 8.98. The molecule has 0 radical (unpaired) electrons. The Hall–Kier alpha value is -3.59. The molecule has 0 spiro atoms. The van der Waals surface area contributed by atoms with E-state index in [9.17, 15) is 9.59 Å². The molecule has 0 saturated carbocycles. The number of aromatic nitrogens is 4. The zero-order valence-electron chi connectivity index (χ0n) is 20.3. The van der Waals surface area contributed by atoms with E-state index in [1.54, 1.807) is 18.2 Å². The molecule has 1 N–H and O–H groups in total. The van der Waals surface area contributed by atoms with Gasteiger partial charge in [-0.15, -0.1) is 10.2 Å². The van der Waals surface area contributed by atoms with E-state index in [-0.39, 0.29) is 23.5 Å². The van der Waals surface area contributed by atoms with E-state index in [1.807, 2.05) is 54.9 Å². The number of nitrogens with one attached hydrogen (secondary N) is 1. The predicted molar refractivity (Wildman–Crippen MR) is 137 cm³/mol. The molecule has 0 fully saturated rings. The molecule has 1 amide bonds. The lowest BCUT2D eigenvalue weighted by Gasteiger charge is -2.16. The molecule has 0 unspecified atom stereocenters. The van der Waals surface area contributed by atoms with Crippen molar-refractivity contribution in [2.24, 2.45) is 0 Å². The summed E-state index contributed by atoms with van der Waals surface area (Å²) in [6, 6.07) is 14.6. The largest absolute Gasteiger partial charge is 0.496 e. The van der Waals surface area contributed by atoms with Crippen LogP contribution in [0.25, 0.3) is 10.9 Å². The predicted octanol–water partition coefficient (Wildman–Crippen LogP) is 4.75. The summed E-state index contributed by atoms with van der Waals surface area (Å²) in [5.41, 5.74) is 2.23. The van der Waals surface area contributed by atoms with Crippen LogP contribution in [-0.2, 0) is 13.1 Å². The van der Waals surface area contributed by atoms with Crippen LogP contribution in [0.15, 0.2) is 59.9 Å². The maximum absolute atomic E-state index is 13.1. The number of aryl methyl sites for hydroxylation is 1. The second kappa shape index (κ2) is 10.8. The van der Waals surface area contributed by atoms with Crippen molar-refractivity contribution in [1.82, 2.24) is 24.6 Å². The summed E-state index contributed by atoms with van der Waals surface area (Å²) >= 11 is 1.36. The molecule has 4 aromatic rings. The Kier molecular flexibility index (Phi) is 7.55. The molecule has 182 valence electrons. The minimum atomic E-state index is -0.382. The number of para-hydroxylation sites is 2. The van der Waals surface area contributed by atoms with Gasteiger partial charge < -0.3 is 19.2 Å². The van der Waals surface area contributed by atoms with Gasteiger partial charge in [-0.2, -0.15) is 0 Å². The quantitative estimate of drug-likeness (QED) is 0.254. The molecule has 9 heteroatoms. The standard InChI is InChI=1S/C26H29N5O3S/c1-5-30-15-20(18-11-7-9-13-21(18)30)22(32)16-35-26-29-28-24(31(26)6-2)17(3)27-25(33)19-12-8-10-14-23(19)34-4/h7-15,17H,5-6,16H2,1-4H3,(H,27,33)/t17-/m1/s1. The summed E-state index contributed by atoms with van der Waals surface area (Å²) in [7, 11) is 1.54. The number of thioether (sulfide) groups is 1. The van der Waals surface area contributed by atoms with E-state index in [2.05, 4.69) is 27.0 Å². The number of ether oxygens (including phenoxy) is 1. The van der Waals surface area contributed by atoms with E-state index in [4.69, 9.17) is 4.74 Å². The number of hydrogen-bond acceptors (Lipinski definition) is 6. The molecule has 0 aliphatic heterocycles. The van der Waals surface area contributed by atoms with E-state index in [1.165, 1.54) is 18.9 Å². The van der Waals surface area contributed by atoms with Gasteiger partial charge in [-0.1, -0.05) is 42.1 Å². The molecule has 4 rings (SSSR count). The number of amides is 1. The van der Waals surface area contributed by atoms with Gasteiger partial charge in [-0.25, -0.2) is 0 Å². The topological polar surface area (TPSA) is 91.0 Å². The molecule has 0 aliphatic rings. The van der Waals surface area contributed by atoms with Gasteiger partial charge in [-0.3, -0.25) is 9.59 Å². The number of fused-ring (bicyclic) bond motifs is 1. The molecule has 0 saturated heterocycles. The van der Waals surface area contributed by atoms with Crippen molar-refractivity contribution in [3.8, 4) is 5.75 Å². The summed E-state index contributed by atoms with van der Waals surface area (Å²) in [6.45, 7) is 7.33. The Morgan fingerprint density at radius 1 is 1.03 bits per heavy atom. The number of benzene rings is 2. The zero-order valence-corrected chi connectivity index (χ0v) is 21.1. The Morgan fingerprint density at radius 3 is 2.51 bits per heavy atom. The first kappa shape index (κ1) is 24.5. The molecule has 0 bridgehead atoms. The number of nitrogens with zero attached hydrogens (tertiary/aromatic N) is 4. The third kappa shape index (κ3) is 4.95. The Bertz CT molecular complexity index is 1360. The van der Waals surface area contributed by atoms with Crippen LogP contribution in [0.5, 0.6) is 5.75 Å². The first-order valence-corrected chi connectivity index (χ1v) is 12.6. The Balaban J connectivity index is 1.48. The van der Waals surface area contributed by atoms with Crippen LogP contribution in [0.3, 0.4) is 0 Å². The second-order valence-electron chi connectivity index (χ2n) is 8.04. The minimum absolute atomic E-state index is 0.0446. The lowest BCUT2D eigenvalue weighted by Crippen LogP contribution is -2.29. The van der Waals surface area contributed by atoms with E-state index >= 15 is 0 Å². The maximum atomic E-state index is 13.1. The fourth-order valence-corrected chi connectivity index (χ4v) is 5.03. The van der Waals surface area contributed by atoms with Crippen molar-refractivity contribution in [2.75, 3.05) is 12.9 Å². The number of methoxy groups -OCH3 is 1. The van der Waals surface area contributed by atoms with Crippen molar-refractivity contribution in [1.29, 1.82) is 0 Å². The normalized spacial score (nSPS) is 12.0. The minimum Gasteiger partial charge on any atom is -0.496 e. The Labute approximate surface area is 208 Å². The maximum Gasteiger partial charge on any atom is 0.255 e. The molecule has 2 aromatic heterocycles. The summed E-state index contributed by atoms with van der Waals surface area (Å²) in [6.07, 6.45) is 1.93. The molecule has 35 heavy (non-hydrogen) atoms. The molecule has 8 nitrogen and oxygen atoms in total. The highest BCUT2D eigenvalue weighted by Gasteiger charge is 2.22. The van der Waals surface area contributed by atoms with Crippen LogP contribution in [0, 0.1) is 0 Å². The van der Waals surface area contributed by atoms with E-state index < -0.39 is 0 Å². The number of rotatable bonds is 10. The number of hydrogen-bond donors (Lipinski definition) is 1. The van der Waals surface area contributed by atoms with E-state index in [0.717, 1.165) is 23.0 Å². The molecule has 2 heterocycles. The van der Waals surface area contributed by atoms with Crippen LogP contribution in [0.4, 0.5) is 0 Å². The molecular formula is C26H29N5O3S. The van der Waals surface area contributed by atoms with Crippen LogP contribution in [-0.4, -0.2) is 43.9 Å². The summed E-state index contributed by atoms with van der Waals surface area (Å²) in [5, 5.41) is 13.2. The zero-order chi connectivity index (χ0) is 24.9. The lowest BCUT2D eigenvalue weighted by atomic mass is 10.1. The summed E-state index contributed by atoms with van der Waals surface area (Å²) < 4.78 is 9.32. The lowest BCUT2D eigenvalue weighted by molar-refractivity contribution is 0.0933. The van der Waals surface area contributed by atoms with Gasteiger partial charge in [-0.05, 0) is 39.0 Å². The van der Waals surface area contributed by atoms with Crippen molar-refractivity contribution < 1.29 is 14.3 Å². The van der Waals surface area contributed by atoms with E-state index in [0.29, 0.717) is 28.8 Å². The highest BCUT2D eigenvalue weighted by molar-refractivity contribution is 7.99. The van der Waals surface area contributed by atoms with Crippen molar-refractivity contribution >= 4 is 34.4 Å². The highest BCUT2D eigenvalue weighted by atomic mass is 32.2. The number of carbonyl (C=O) groups excluding carboxylic acids is 2. The van der Waals surface area contributed by atoms with Crippen LogP contribution < -0.4 is 10.1 Å². The summed E-state index contributed by atoms with van der Waals surface area (Å²) in [5.74, 6) is 1.18. The van der Waals surface area contributed by atoms with Crippen molar-refractivity contribution in [3.63, 3.8) is 0 Å². The fourth-order valence-electron chi connectivity index (χ4n) is 4.13. The number of carbonyl (C=O) groups is 2. The number of Topliss-reactive ketones (excluding diaryl/α,β-unsaturated/α-hetero) is 1. The van der Waals surface area contributed by atoms with Gasteiger partial charge >= 0.3 is 0 Å². The number of ketones is 1. The van der Waals surface area contributed by atoms with Gasteiger partial charge in [0.05, 0.1) is 24.5 Å². The van der Waals surface area contributed by atoms with Crippen LogP contribution in [0.1, 0.15) is 53.4 Å². The molecular weight excluding hydrogens is 462 g/mol. The third-order valence-electron chi connectivity index (χ3n) is 5.91. The molecule has 2 aromatic carbocycles. The first-order valence-electron chi connectivity index (χ1n) is 11.6. The smallest absolute Gasteiger partial charge is 0.255 e. The van der Waals surface area contributed by atoms with Crippen LogP contribution >= 0.6 is 11.8 Å². The Morgan fingerprint density at radius 2 is 1.77 bits per heavy atom. The highest BCUT2D eigenvalue weighted by Crippen LogP contribution is 2.26. The van der Waals surface area contributed by atoms with Gasteiger partial charge in [0.25, 0.3) is 5.91 Å². The monoisotopic (exact) mass is 491 g/mol. The van der Waals surface area contributed by atoms with Gasteiger partial charge in [0.15, 0.2) is 16.8 Å². The van der Waals surface area contributed by atoms with Gasteiger partial charge in [0.1, 0.15) is 5.75 Å². The first-order chi connectivity index (χ1) is 17.0.